The summed E-state index contributed by atoms with van der Waals surface area (Å²) in [6, 6.07) is 5.08. The van der Waals surface area contributed by atoms with Crippen molar-refractivity contribution in [1.82, 2.24) is 4.90 Å². The molecule has 0 unspecified atom stereocenters. The van der Waals surface area contributed by atoms with Gasteiger partial charge >= 0.3 is 0 Å². The van der Waals surface area contributed by atoms with Gasteiger partial charge in [-0.2, -0.15) is 0 Å². The van der Waals surface area contributed by atoms with Gasteiger partial charge in [-0.3, -0.25) is 14.9 Å². The summed E-state index contributed by atoms with van der Waals surface area (Å²) in [7, 11) is 0. The van der Waals surface area contributed by atoms with Crippen molar-refractivity contribution >= 4 is 29.0 Å². The summed E-state index contributed by atoms with van der Waals surface area (Å²) >= 11 is 1.66. The van der Waals surface area contributed by atoms with Gasteiger partial charge in [-0.05, 0) is 31.7 Å². The Morgan fingerprint density at radius 1 is 1.38 bits per heavy atom. The number of non-ortho nitro benzene ring substituents is 1. The number of benzene rings is 1. The second kappa shape index (κ2) is 8.75. The lowest BCUT2D eigenvalue weighted by Crippen LogP contribution is -2.40. The van der Waals surface area contributed by atoms with Crippen LogP contribution in [0.25, 0.3) is 0 Å². The fraction of sp³-hybridized carbons (Fsp3) is 0.632. The zero-order chi connectivity index (χ0) is 18.5. The first kappa shape index (κ1) is 19.0. The Hall–Kier alpha value is -1.76. The molecule has 3 rings (SSSR count). The molecule has 2 aliphatic rings. The average molecular weight is 378 g/mol. The molecule has 1 aromatic carbocycles. The van der Waals surface area contributed by atoms with Gasteiger partial charge in [-0.15, -0.1) is 11.8 Å². The molecular weight excluding hydrogens is 350 g/mol. The number of nitro benzene ring substituents is 1. The number of rotatable bonds is 7. The molecule has 0 aromatic heterocycles. The van der Waals surface area contributed by atoms with Gasteiger partial charge in [0.15, 0.2) is 0 Å². The maximum atomic E-state index is 12.6. The third kappa shape index (κ3) is 4.50. The molecule has 0 bridgehead atoms. The van der Waals surface area contributed by atoms with E-state index in [2.05, 4.69) is 4.90 Å². The van der Waals surface area contributed by atoms with Gasteiger partial charge in [0, 0.05) is 55.4 Å². The molecule has 1 fully saturated rings. The zero-order valence-corrected chi connectivity index (χ0v) is 16.2. The van der Waals surface area contributed by atoms with Gasteiger partial charge < -0.3 is 9.80 Å². The average Bonchev–Trinajstić information content (AvgIpc) is 3.14. The number of nitrogens with zero attached hydrogens (tertiary/aromatic N) is 3. The van der Waals surface area contributed by atoms with Crippen molar-refractivity contribution in [1.29, 1.82) is 0 Å². The smallest absolute Gasteiger partial charge is 0.270 e. The number of amides is 1. The summed E-state index contributed by atoms with van der Waals surface area (Å²) in [6.07, 6.45) is 5.60. The number of thioether (sulfide) groups is 1. The molecule has 6 nitrogen and oxygen atoms in total. The Balaban J connectivity index is 1.60. The van der Waals surface area contributed by atoms with E-state index in [1.54, 1.807) is 23.9 Å². The van der Waals surface area contributed by atoms with Gasteiger partial charge in [0.2, 0.25) is 5.91 Å². The monoisotopic (exact) mass is 377 g/mol. The van der Waals surface area contributed by atoms with Gasteiger partial charge in [0.25, 0.3) is 5.69 Å². The Morgan fingerprint density at radius 3 is 2.85 bits per heavy atom. The van der Waals surface area contributed by atoms with Crippen LogP contribution in [0.15, 0.2) is 23.1 Å². The molecule has 0 atom stereocenters. The molecule has 1 amide bonds. The molecule has 26 heavy (non-hydrogen) atoms. The topological polar surface area (TPSA) is 66.7 Å². The third-order valence-corrected chi connectivity index (χ3v) is 6.45. The van der Waals surface area contributed by atoms with Gasteiger partial charge in [0.1, 0.15) is 0 Å². The summed E-state index contributed by atoms with van der Waals surface area (Å²) in [5.74, 6) is 1.76. The number of carbonyl (C=O) groups is 1. The van der Waals surface area contributed by atoms with Crippen LogP contribution in [-0.4, -0.2) is 47.7 Å². The third-order valence-electron chi connectivity index (χ3n) is 5.43. The maximum absolute atomic E-state index is 12.6. The van der Waals surface area contributed by atoms with Crippen LogP contribution >= 0.6 is 11.8 Å². The predicted molar refractivity (Wildman–Crippen MR) is 105 cm³/mol. The highest BCUT2D eigenvalue weighted by Gasteiger charge is 2.24. The van der Waals surface area contributed by atoms with Crippen LogP contribution in [0.3, 0.4) is 0 Å². The first-order valence-corrected chi connectivity index (χ1v) is 10.5. The lowest BCUT2D eigenvalue weighted by atomic mass is 10.0. The Labute approximate surface area is 159 Å². The second-order valence-electron chi connectivity index (χ2n) is 7.07. The molecule has 1 heterocycles. The van der Waals surface area contributed by atoms with E-state index in [0.717, 1.165) is 36.0 Å². The summed E-state index contributed by atoms with van der Waals surface area (Å²) in [4.78, 5) is 28.4. The van der Waals surface area contributed by atoms with Crippen molar-refractivity contribution in [3.8, 4) is 0 Å². The number of fused-ring (bicyclic) bond motifs is 1. The first-order valence-electron chi connectivity index (χ1n) is 9.52. The molecule has 0 N–H and O–H groups in total. The normalized spacial score (nSPS) is 17.2. The number of carbonyl (C=O) groups excluding carboxylic acids is 1. The van der Waals surface area contributed by atoms with E-state index in [1.807, 2.05) is 17.9 Å². The van der Waals surface area contributed by atoms with Crippen LogP contribution in [0.2, 0.25) is 0 Å². The summed E-state index contributed by atoms with van der Waals surface area (Å²) in [5, 5.41) is 11.0. The van der Waals surface area contributed by atoms with Crippen molar-refractivity contribution in [3.63, 3.8) is 0 Å². The largest absolute Gasteiger partial charge is 0.368 e. The van der Waals surface area contributed by atoms with E-state index >= 15 is 0 Å². The number of likely N-dealkylation sites (N-methyl/N-ethyl adjacent to an activating group) is 1. The Bertz CT molecular complexity index is 661. The van der Waals surface area contributed by atoms with Crippen molar-refractivity contribution < 1.29 is 9.72 Å². The quantitative estimate of drug-likeness (QED) is 0.532. The van der Waals surface area contributed by atoms with Gasteiger partial charge in [-0.1, -0.05) is 12.8 Å². The number of anilines is 1. The van der Waals surface area contributed by atoms with Crippen molar-refractivity contribution in [3.05, 3.63) is 28.3 Å². The minimum absolute atomic E-state index is 0.139. The van der Waals surface area contributed by atoms with E-state index in [0.29, 0.717) is 18.9 Å². The molecule has 142 valence electrons. The Morgan fingerprint density at radius 2 is 2.15 bits per heavy atom. The predicted octanol–water partition coefficient (Wildman–Crippen LogP) is 3.94. The number of hydrogen-bond acceptors (Lipinski definition) is 5. The van der Waals surface area contributed by atoms with Crippen LogP contribution in [-0.2, 0) is 4.79 Å². The molecule has 7 heteroatoms. The molecule has 0 radical (unpaired) electrons. The standard InChI is InChI=1S/C19H27N3O3S/c1-2-20(19(23)13-15-5-3-4-6-15)9-10-21-11-12-26-18-14-16(22(24)25)7-8-17(18)21/h7-8,14-15H,2-6,9-13H2,1H3. The minimum atomic E-state index is -0.347. The summed E-state index contributed by atoms with van der Waals surface area (Å²) in [5.41, 5.74) is 1.19. The molecule has 1 aliphatic heterocycles. The molecule has 0 spiro atoms. The number of hydrogen-bond donors (Lipinski definition) is 0. The van der Waals surface area contributed by atoms with E-state index < -0.39 is 0 Å². The van der Waals surface area contributed by atoms with Crippen LogP contribution in [0, 0.1) is 16.0 Å². The lowest BCUT2D eigenvalue weighted by molar-refractivity contribution is -0.385. The molecule has 0 saturated heterocycles. The lowest BCUT2D eigenvalue weighted by Gasteiger charge is -2.33. The minimum Gasteiger partial charge on any atom is -0.368 e. The summed E-state index contributed by atoms with van der Waals surface area (Å²) < 4.78 is 0. The van der Waals surface area contributed by atoms with Crippen molar-refractivity contribution in [2.75, 3.05) is 36.8 Å². The fourth-order valence-corrected chi connectivity index (χ4v) is 4.98. The Kier molecular flexibility index (Phi) is 6.40. The molecule has 1 aliphatic carbocycles. The van der Waals surface area contributed by atoms with Crippen molar-refractivity contribution in [2.24, 2.45) is 5.92 Å². The zero-order valence-electron chi connectivity index (χ0n) is 15.4. The number of nitro groups is 1. The van der Waals surface area contributed by atoms with Crippen LogP contribution < -0.4 is 4.90 Å². The second-order valence-corrected chi connectivity index (χ2v) is 8.21. The maximum Gasteiger partial charge on any atom is 0.270 e. The van der Waals surface area contributed by atoms with Crippen molar-refractivity contribution in [2.45, 2.75) is 43.9 Å². The molecule has 1 aromatic rings. The van der Waals surface area contributed by atoms with Gasteiger partial charge in [-0.25, -0.2) is 0 Å². The van der Waals surface area contributed by atoms with E-state index in [4.69, 9.17) is 0 Å². The van der Waals surface area contributed by atoms with Crippen LogP contribution in [0.4, 0.5) is 11.4 Å². The highest BCUT2D eigenvalue weighted by Crippen LogP contribution is 2.37. The first-order chi connectivity index (χ1) is 12.6. The van der Waals surface area contributed by atoms with E-state index in [9.17, 15) is 14.9 Å². The van der Waals surface area contributed by atoms with Crippen LogP contribution in [0.1, 0.15) is 39.0 Å². The van der Waals surface area contributed by atoms with Crippen LogP contribution in [0.5, 0.6) is 0 Å². The van der Waals surface area contributed by atoms with E-state index in [-0.39, 0.29) is 16.5 Å². The highest BCUT2D eigenvalue weighted by molar-refractivity contribution is 7.99. The SMILES string of the molecule is CCN(CCN1CCSc2cc([N+](=O)[O-])ccc21)C(=O)CC1CCCC1. The fourth-order valence-electron chi connectivity index (χ4n) is 3.90. The molecule has 1 saturated carbocycles. The van der Waals surface area contributed by atoms with E-state index in [1.165, 1.54) is 25.7 Å². The van der Waals surface area contributed by atoms with Gasteiger partial charge in [0.05, 0.1) is 10.6 Å². The highest BCUT2D eigenvalue weighted by atomic mass is 32.2. The molecular formula is C19H27N3O3S. The summed E-state index contributed by atoms with van der Waals surface area (Å²) in [6.45, 7) is 5.17.